The van der Waals surface area contributed by atoms with Crippen LogP contribution in [0.2, 0.25) is 0 Å². The first-order chi connectivity index (χ1) is 9.81. The van der Waals surface area contributed by atoms with Crippen LogP contribution in [0.1, 0.15) is 63.1 Å². The number of hydrogen-bond acceptors (Lipinski definition) is 5. The molecular formula is C15H23N3O2. The highest BCUT2D eigenvalue weighted by Crippen LogP contribution is 2.44. The first-order valence-corrected chi connectivity index (χ1v) is 8.01. The fraction of sp³-hybridized carbons (Fsp3) is 0.867. The Kier molecular flexibility index (Phi) is 3.07. The van der Waals surface area contributed by atoms with Crippen molar-refractivity contribution in [2.75, 3.05) is 13.1 Å². The second kappa shape index (κ2) is 4.81. The summed E-state index contributed by atoms with van der Waals surface area (Å²) in [6.45, 7) is 4.32. The summed E-state index contributed by atoms with van der Waals surface area (Å²) < 4.78 is 11.6. The molecule has 0 aromatic carbocycles. The Morgan fingerprint density at radius 3 is 2.80 bits per heavy atom. The molecule has 0 amide bonds. The molecule has 2 bridgehead atoms. The molecule has 0 aliphatic carbocycles. The van der Waals surface area contributed by atoms with Crippen molar-refractivity contribution in [3.8, 4) is 0 Å². The van der Waals surface area contributed by atoms with E-state index in [0.717, 1.165) is 56.9 Å². The Morgan fingerprint density at radius 2 is 2.15 bits per heavy atom. The molecule has 1 aromatic heterocycles. The maximum Gasteiger partial charge on any atom is 0.232 e. The number of nitrogens with zero attached hydrogens (tertiary/aromatic N) is 2. The van der Waals surface area contributed by atoms with Gasteiger partial charge >= 0.3 is 0 Å². The van der Waals surface area contributed by atoms with E-state index in [2.05, 4.69) is 17.4 Å². The van der Waals surface area contributed by atoms with Gasteiger partial charge < -0.3 is 14.6 Å². The van der Waals surface area contributed by atoms with Gasteiger partial charge in [0.2, 0.25) is 5.89 Å². The molecule has 5 heteroatoms. The van der Waals surface area contributed by atoms with Crippen molar-refractivity contribution in [1.82, 2.24) is 15.5 Å². The molecule has 3 aliphatic heterocycles. The number of aromatic nitrogens is 2. The molecule has 3 unspecified atom stereocenters. The Balaban J connectivity index is 1.58. The largest absolute Gasteiger partial charge is 0.374 e. The van der Waals surface area contributed by atoms with Gasteiger partial charge in [0.05, 0.1) is 23.5 Å². The van der Waals surface area contributed by atoms with Gasteiger partial charge in [-0.2, -0.15) is 4.98 Å². The quantitative estimate of drug-likeness (QED) is 0.917. The highest BCUT2D eigenvalue weighted by Gasteiger charge is 2.45. The summed E-state index contributed by atoms with van der Waals surface area (Å²) in [5.41, 5.74) is 0.0922. The molecule has 3 saturated heterocycles. The SMILES string of the molecule is CCC1(c2nc(C3CC4CCC3O4)no2)CCNCC1. The van der Waals surface area contributed by atoms with E-state index < -0.39 is 0 Å². The van der Waals surface area contributed by atoms with Crippen molar-refractivity contribution in [1.29, 1.82) is 0 Å². The first-order valence-electron chi connectivity index (χ1n) is 8.01. The highest BCUT2D eigenvalue weighted by atomic mass is 16.5. The average Bonchev–Trinajstić information content (AvgIpc) is 3.23. The Morgan fingerprint density at radius 1 is 1.30 bits per heavy atom. The van der Waals surface area contributed by atoms with Crippen LogP contribution in [0.3, 0.4) is 0 Å². The van der Waals surface area contributed by atoms with Crippen LogP contribution in [0.4, 0.5) is 0 Å². The topological polar surface area (TPSA) is 60.2 Å². The molecule has 20 heavy (non-hydrogen) atoms. The van der Waals surface area contributed by atoms with Crippen LogP contribution >= 0.6 is 0 Å². The average molecular weight is 277 g/mol. The van der Waals surface area contributed by atoms with Gasteiger partial charge in [-0.15, -0.1) is 0 Å². The molecule has 3 aliphatic rings. The molecule has 3 atom stereocenters. The summed E-state index contributed by atoms with van der Waals surface area (Å²) in [5.74, 6) is 2.11. The molecule has 0 radical (unpaired) electrons. The van der Waals surface area contributed by atoms with Crippen LogP contribution in [-0.4, -0.2) is 35.4 Å². The van der Waals surface area contributed by atoms with Crippen LogP contribution in [0, 0.1) is 0 Å². The zero-order valence-electron chi connectivity index (χ0n) is 12.1. The molecule has 110 valence electrons. The molecule has 1 N–H and O–H groups in total. The summed E-state index contributed by atoms with van der Waals surface area (Å²) in [5, 5.41) is 7.72. The lowest BCUT2D eigenvalue weighted by Gasteiger charge is -2.33. The van der Waals surface area contributed by atoms with Gasteiger partial charge in [-0.1, -0.05) is 12.1 Å². The van der Waals surface area contributed by atoms with Gasteiger partial charge in [0.15, 0.2) is 5.82 Å². The molecule has 4 heterocycles. The van der Waals surface area contributed by atoms with E-state index in [1.807, 2.05) is 0 Å². The minimum absolute atomic E-state index is 0.0922. The van der Waals surface area contributed by atoms with Gasteiger partial charge in [0.1, 0.15) is 0 Å². The summed E-state index contributed by atoms with van der Waals surface area (Å²) in [6.07, 6.45) is 7.46. The van der Waals surface area contributed by atoms with Crippen LogP contribution in [-0.2, 0) is 10.2 Å². The number of ether oxygens (including phenoxy) is 1. The normalized spacial score (nSPS) is 35.5. The summed E-state index contributed by atoms with van der Waals surface area (Å²) in [6, 6.07) is 0. The lowest BCUT2D eigenvalue weighted by Crippen LogP contribution is -2.39. The lowest BCUT2D eigenvalue weighted by atomic mass is 9.76. The standard InChI is InChI=1S/C15H23N3O2/c1-2-15(5-7-16-8-6-15)14-17-13(18-20-14)11-9-10-3-4-12(11)19-10/h10-12,16H,2-9H2,1H3. The number of fused-ring (bicyclic) bond motifs is 2. The molecule has 5 nitrogen and oxygen atoms in total. The number of hydrogen-bond donors (Lipinski definition) is 1. The van der Waals surface area contributed by atoms with Crippen LogP contribution in [0.25, 0.3) is 0 Å². The molecule has 4 rings (SSSR count). The van der Waals surface area contributed by atoms with Crippen molar-refractivity contribution >= 4 is 0 Å². The Labute approximate surface area is 119 Å². The fourth-order valence-electron chi connectivity index (χ4n) is 4.13. The first kappa shape index (κ1) is 12.8. The van der Waals surface area contributed by atoms with Crippen LogP contribution in [0.5, 0.6) is 0 Å². The van der Waals surface area contributed by atoms with Gasteiger partial charge in [-0.25, -0.2) is 0 Å². The van der Waals surface area contributed by atoms with E-state index >= 15 is 0 Å². The zero-order chi connectivity index (χ0) is 13.6. The van der Waals surface area contributed by atoms with Gasteiger partial charge in [-0.05, 0) is 51.6 Å². The van der Waals surface area contributed by atoms with Crippen molar-refractivity contribution in [3.63, 3.8) is 0 Å². The summed E-state index contributed by atoms with van der Waals surface area (Å²) in [7, 11) is 0. The molecule has 0 saturated carbocycles. The predicted molar refractivity (Wildman–Crippen MR) is 73.6 cm³/mol. The smallest absolute Gasteiger partial charge is 0.232 e. The molecular weight excluding hydrogens is 254 g/mol. The van der Waals surface area contributed by atoms with Gasteiger partial charge in [0.25, 0.3) is 0 Å². The van der Waals surface area contributed by atoms with E-state index in [-0.39, 0.29) is 5.41 Å². The van der Waals surface area contributed by atoms with E-state index in [1.54, 1.807) is 0 Å². The highest BCUT2D eigenvalue weighted by molar-refractivity contribution is 5.12. The fourth-order valence-corrected chi connectivity index (χ4v) is 4.13. The van der Waals surface area contributed by atoms with Crippen molar-refractivity contribution in [2.45, 2.75) is 69.0 Å². The van der Waals surface area contributed by atoms with Crippen molar-refractivity contribution in [3.05, 3.63) is 11.7 Å². The lowest BCUT2D eigenvalue weighted by molar-refractivity contribution is 0.0996. The summed E-state index contributed by atoms with van der Waals surface area (Å²) in [4.78, 5) is 4.79. The van der Waals surface area contributed by atoms with Crippen molar-refractivity contribution < 1.29 is 9.26 Å². The second-order valence-corrected chi connectivity index (χ2v) is 6.56. The predicted octanol–water partition coefficient (Wildman–Crippen LogP) is 2.14. The third-order valence-electron chi connectivity index (χ3n) is 5.57. The second-order valence-electron chi connectivity index (χ2n) is 6.56. The monoisotopic (exact) mass is 277 g/mol. The Bertz CT molecular complexity index is 481. The van der Waals surface area contributed by atoms with E-state index in [0.29, 0.717) is 18.1 Å². The number of rotatable bonds is 3. The number of nitrogens with one attached hydrogen (secondary N) is 1. The van der Waals surface area contributed by atoms with Gasteiger partial charge in [0, 0.05) is 0 Å². The summed E-state index contributed by atoms with van der Waals surface area (Å²) >= 11 is 0. The van der Waals surface area contributed by atoms with E-state index in [1.165, 1.54) is 6.42 Å². The van der Waals surface area contributed by atoms with Crippen LogP contribution < -0.4 is 5.32 Å². The van der Waals surface area contributed by atoms with Crippen LogP contribution in [0.15, 0.2) is 4.52 Å². The third kappa shape index (κ3) is 1.91. The third-order valence-corrected chi connectivity index (χ3v) is 5.57. The number of piperidine rings is 1. The zero-order valence-corrected chi connectivity index (χ0v) is 12.1. The Hall–Kier alpha value is -0.940. The maximum absolute atomic E-state index is 5.91. The van der Waals surface area contributed by atoms with Crippen molar-refractivity contribution in [2.24, 2.45) is 0 Å². The maximum atomic E-state index is 5.91. The van der Waals surface area contributed by atoms with E-state index in [9.17, 15) is 0 Å². The van der Waals surface area contributed by atoms with E-state index in [4.69, 9.17) is 14.2 Å². The molecule has 3 fully saturated rings. The molecule has 0 spiro atoms. The minimum Gasteiger partial charge on any atom is -0.374 e. The van der Waals surface area contributed by atoms with Gasteiger partial charge in [-0.3, -0.25) is 0 Å². The molecule has 1 aromatic rings. The minimum atomic E-state index is 0.0922.